The van der Waals surface area contributed by atoms with Gasteiger partial charge in [0.1, 0.15) is 24.0 Å². The number of benzene rings is 1. The van der Waals surface area contributed by atoms with Crippen molar-refractivity contribution in [2.24, 2.45) is 5.73 Å². The maximum absolute atomic E-state index is 13.6. The monoisotopic (exact) mass is 397 g/mol. The summed E-state index contributed by atoms with van der Waals surface area (Å²) in [5, 5.41) is 9.12. The van der Waals surface area contributed by atoms with Gasteiger partial charge in [0.25, 0.3) is 0 Å². The number of halogens is 1. The first-order chi connectivity index (χ1) is 12.5. The zero-order valence-corrected chi connectivity index (χ0v) is 16.4. The lowest BCUT2D eigenvalue weighted by Crippen LogP contribution is -2.59. The Labute approximate surface area is 158 Å². The van der Waals surface area contributed by atoms with E-state index in [4.69, 9.17) is 15.7 Å². The summed E-state index contributed by atoms with van der Waals surface area (Å²) in [7, 11) is -2.45. The number of carbonyl (C=O) groups excluding carboxylic acids is 1. The van der Waals surface area contributed by atoms with Crippen LogP contribution in [-0.4, -0.2) is 55.9 Å². The van der Waals surface area contributed by atoms with Crippen LogP contribution in [-0.2, 0) is 20.4 Å². The van der Waals surface area contributed by atoms with E-state index < -0.39 is 38.7 Å². The summed E-state index contributed by atoms with van der Waals surface area (Å²) in [6.45, 7) is 2.47. The lowest BCUT2D eigenvalue weighted by atomic mass is 10.0. The number of rotatable bonds is 6. The number of likely N-dealkylation sites (tertiary alicyclic amines) is 1. The first-order valence-corrected chi connectivity index (χ1v) is 10.1. The smallest absolute Gasteiger partial charge is 0.242 e. The second kappa shape index (κ2) is 7.82. The number of hydrogen-bond acceptors (Lipinski definition) is 6. The molecule has 1 fully saturated rings. The van der Waals surface area contributed by atoms with Gasteiger partial charge in [0.05, 0.1) is 30.2 Å². The third-order valence-corrected chi connectivity index (χ3v) is 7.58. The number of nitrogens with zero attached hydrogens (tertiary/aromatic N) is 2. The third kappa shape index (κ3) is 4.06. The fourth-order valence-corrected chi connectivity index (χ4v) is 4.54. The Balaban J connectivity index is 2.27. The molecular weight excluding hydrogens is 373 g/mol. The lowest BCUT2D eigenvalue weighted by molar-refractivity contribution is -0.133. The number of sulfone groups is 1. The summed E-state index contributed by atoms with van der Waals surface area (Å²) in [6, 6.07) is 6.18. The van der Waals surface area contributed by atoms with Crippen molar-refractivity contribution >= 4 is 15.7 Å². The summed E-state index contributed by atoms with van der Waals surface area (Å²) in [5.41, 5.74) is 6.47. The highest BCUT2D eigenvalue weighted by atomic mass is 32.2. The van der Waals surface area contributed by atoms with Gasteiger partial charge >= 0.3 is 0 Å². The molecule has 0 radical (unpaired) electrons. The van der Waals surface area contributed by atoms with E-state index >= 15 is 0 Å². The van der Waals surface area contributed by atoms with Crippen molar-refractivity contribution in [1.82, 2.24) is 4.90 Å². The normalized spacial score (nSPS) is 21.6. The summed E-state index contributed by atoms with van der Waals surface area (Å²) >= 11 is 0. The standard InChI is InChI=1S/C18H24FN3O4S/c1-18(2,16(21)17(23)22-10-13(19)8-14(22)9-20)27(24,25)11-12-6-4-5-7-15(12)26-3/h4-7,13-14,16H,8,10-11,21H2,1-3H3/t13-,14-,16?/m0/s1. The summed E-state index contributed by atoms with van der Waals surface area (Å²) in [4.78, 5) is 13.8. The summed E-state index contributed by atoms with van der Waals surface area (Å²) in [6.07, 6.45) is -1.41. The number of nitriles is 1. The maximum Gasteiger partial charge on any atom is 0.242 e. The molecule has 1 saturated heterocycles. The Morgan fingerprint density at radius 3 is 2.70 bits per heavy atom. The minimum Gasteiger partial charge on any atom is -0.496 e. The van der Waals surface area contributed by atoms with Gasteiger partial charge in [-0.1, -0.05) is 18.2 Å². The van der Waals surface area contributed by atoms with Gasteiger partial charge in [0, 0.05) is 12.0 Å². The number of methoxy groups -OCH3 is 1. The average Bonchev–Trinajstić information content (AvgIpc) is 3.01. The molecule has 148 valence electrons. The fraction of sp³-hybridized carbons (Fsp3) is 0.556. The number of hydrogen-bond donors (Lipinski definition) is 1. The molecule has 9 heteroatoms. The Morgan fingerprint density at radius 2 is 2.11 bits per heavy atom. The van der Waals surface area contributed by atoms with Crippen molar-refractivity contribution < 1.29 is 22.3 Å². The first kappa shape index (κ1) is 21.1. The van der Waals surface area contributed by atoms with Gasteiger partial charge in [-0.25, -0.2) is 12.8 Å². The van der Waals surface area contributed by atoms with E-state index in [2.05, 4.69) is 0 Å². The largest absolute Gasteiger partial charge is 0.496 e. The molecule has 2 N–H and O–H groups in total. The fourth-order valence-electron chi connectivity index (χ4n) is 3.03. The van der Waals surface area contributed by atoms with Crippen LogP contribution in [0, 0.1) is 11.3 Å². The van der Waals surface area contributed by atoms with Gasteiger partial charge in [-0.15, -0.1) is 0 Å². The van der Waals surface area contributed by atoms with E-state index in [-0.39, 0.29) is 18.7 Å². The van der Waals surface area contributed by atoms with Crippen LogP contribution in [0.1, 0.15) is 25.8 Å². The van der Waals surface area contributed by atoms with E-state index in [9.17, 15) is 17.6 Å². The number of amides is 1. The number of carbonyl (C=O) groups is 1. The molecule has 0 bridgehead atoms. The zero-order chi connectivity index (χ0) is 20.4. The van der Waals surface area contributed by atoms with Crippen LogP contribution in [0.3, 0.4) is 0 Å². The van der Waals surface area contributed by atoms with Gasteiger partial charge < -0.3 is 15.4 Å². The van der Waals surface area contributed by atoms with Crippen LogP contribution < -0.4 is 10.5 Å². The second-order valence-electron chi connectivity index (χ2n) is 7.12. The molecule has 1 amide bonds. The highest BCUT2D eigenvalue weighted by Gasteiger charge is 2.47. The van der Waals surface area contributed by atoms with Crippen LogP contribution in [0.25, 0.3) is 0 Å². The highest BCUT2D eigenvalue weighted by molar-refractivity contribution is 7.92. The van der Waals surface area contributed by atoms with E-state index in [0.29, 0.717) is 11.3 Å². The second-order valence-corrected chi connectivity index (χ2v) is 9.69. The lowest BCUT2D eigenvalue weighted by Gasteiger charge is -2.33. The van der Waals surface area contributed by atoms with Crippen LogP contribution in [0.15, 0.2) is 24.3 Å². The Hall–Kier alpha value is -2.18. The van der Waals surface area contributed by atoms with Crippen molar-refractivity contribution in [3.8, 4) is 11.8 Å². The zero-order valence-electron chi connectivity index (χ0n) is 15.6. The summed E-state index contributed by atoms with van der Waals surface area (Å²) in [5.74, 6) is -0.685. The molecule has 1 heterocycles. The van der Waals surface area contributed by atoms with E-state index in [0.717, 1.165) is 4.90 Å². The molecule has 0 saturated carbocycles. The van der Waals surface area contributed by atoms with Gasteiger partial charge in [-0.05, 0) is 19.9 Å². The van der Waals surface area contributed by atoms with Crippen molar-refractivity contribution in [3.63, 3.8) is 0 Å². The first-order valence-electron chi connectivity index (χ1n) is 8.49. The predicted molar refractivity (Wildman–Crippen MR) is 98.3 cm³/mol. The van der Waals surface area contributed by atoms with Crippen LogP contribution >= 0.6 is 0 Å². The quantitative estimate of drug-likeness (QED) is 0.771. The average molecular weight is 397 g/mol. The number of alkyl halides is 1. The molecule has 3 atom stereocenters. The molecule has 0 aromatic heterocycles. The molecule has 1 unspecified atom stereocenters. The van der Waals surface area contributed by atoms with Gasteiger partial charge in [-0.3, -0.25) is 4.79 Å². The molecule has 0 spiro atoms. The Bertz CT molecular complexity index is 850. The SMILES string of the molecule is COc1ccccc1CS(=O)(=O)C(C)(C)C(N)C(=O)N1C[C@@H](F)C[C@H]1C#N. The molecule has 0 aliphatic carbocycles. The molecule has 27 heavy (non-hydrogen) atoms. The molecule has 1 aromatic rings. The van der Waals surface area contributed by atoms with E-state index in [1.54, 1.807) is 24.3 Å². The molecular formula is C18H24FN3O4S. The van der Waals surface area contributed by atoms with Crippen LogP contribution in [0.4, 0.5) is 4.39 Å². The molecule has 1 aromatic carbocycles. The van der Waals surface area contributed by atoms with Gasteiger partial charge in [0.2, 0.25) is 5.91 Å². The van der Waals surface area contributed by atoms with Crippen molar-refractivity contribution in [2.75, 3.05) is 13.7 Å². The van der Waals surface area contributed by atoms with E-state index in [1.807, 2.05) is 6.07 Å². The van der Waals surface area contributed by atoms with E-state index in [1.165, 1.54) is 21.0 Å². The maximum atomic E-state index is 13.6. The summed E-state index contributed by atoms with van der Waals surface area (Å²) < 4.78 is 43.2. The van der Waals surface area contributed by atoms with Crippen molar-refractivity contribution in [2.45, 2.75) is 49.0 Å². The van der Waals surface area contributed by atoms with Crippen molar-refractivity contribution in [1.29, 1.82) is 5.26 Å². The van der Waals surface area contributed by atoms with Crippen LogP contribution in [0.5, 0.6) is 5.75 Å². The molecule has 1 aliphatic heterocycles. The minimum atomic E-state index is -3.89. The highest BCUT2D eigenvalue weighted by Crippen LogP contribution is 2.30. The van der Waals surface area contributed by atoms with Crippen LogP contribution in [0.2, 0.25) is 0 Å². The van der Waals surface area contributed by atoms with Gasteiger partial charge in [-0.2, -0.15) is 5.26 Å². The number of nitrogens with two attached hydrogens (primary N) is 1. The Morgan fingerprint density at radius 1 is 1.48 bits per heavy atom. The van der Waals surface area contributed by atoms with Gasteiger partial charge in [0.15, 0.2) is 9.84 Å². The Kier molecular flexibility index (Phi) is 6.12. The molecule has 2 rings (SSSR count). The van der Waals surface area contributed by atoms with Crippen molar-refractivity contribution in [3.05, 3.63) is 29.8 Å². The number of para-hydroxylation sites is 1. The number of ether oxygens (including phenoxy) is 1. The minimum absolute atomic E-state index is 0.0939. The molecule has 7 nitrogen and oxygen atoms in total. The topological polar surface area (TPSA) is 113 Å². The predicted octanol–water partition coefficient (Wildman–Crippen LogP) is 1.18. The third-order valence-electron chi connectivity index (χ3n) is 5.04. The molecule has 1 aliphatic rings.